The van der Waals surface area contributed by atoms with Crippen LogP contribution in [-0.2, 0) is 19.5 Å². The van der Waals surface area contributed by atoms with Crippen LogP contribution in [0, 0.1) is 0 Å². The number of amides is 1. The Morgan fingerprint density at radius 1 is 1.07 bits per heavy atom. The van der Waals surface area contributed by atoms with Crippen molar-refractivity contribution in [2.75, 3.05) is 39.8 Å². The molecule has 0 radical (unpaired) electrons. The van der Waals surface area contributed by atoms with Crippen LogP contribution in [0.25, 0.3) is 6.08 Å². The van der Waals surface area contributed by atoms with Crippen molar-refractivity contribution in [2.45, 2.75) is 25.9 Å². The number of aryl methyl sites for hydroxylation is 1. The molecule has 4 nitrogen and oxygen atoms in total. The van der Waals surface area contributed by atoms with Gasteiger partial charge in [0.1, 0.15) is 0 Å². The SMILES string of the molecule is C=Cc1cc(CCCN2CCN(C)CC2)cc2c1C(=O)N(Cc1ccc(Cl)cc1)C2. The van der Waals surface area contributed by atoms with Crippen molar-refractivity contribution in [3.05, 3.63) is 75.8 Å². The van der Waals surface area contributed by atoms with Gasteiger partial charge in [-0.2, -0.15) is 0 Å². The van der Waals surface area contributed by atoms with Gasteiger partial charge in [-0.1, -0.05) is 48.5 Å². The molecule has 0 aliphatic carbocycles. The van der Waals surface area contributed by atoms with Gasteiger partial charge < -0.3 is 14.7 Å². The number of piperazine rings is 1. The van der Waals surface area contributed by atoms with Crippen LogP contribution in [0.3, 0.4) is 0 Å². The summed E-state index contributed by atoms with van der Waals surface area (Å²) < 4.78 is 0. The molecule has 0 saturated carbocycles. The highest BCUT2D eigenvalue weighted by molar-refractivity contribution is 6.30. The number of benzene rings is 2. The van der Waals surface area contributed by atoms with Crippen LogP contribution in [0.15, 0.2) is 43.0 Å². The quantitative estimate of drug-likeness (QED) is 0.663. The monoisotopic (exact) mass is 423 g/mol. The van der Waals surface area contributed by atoms with Gasteiger partial charge in [0.05, 0.1) is 5.56 Å². The zero-order valence-electron chi connectivity index (χ0n) is 17.7. The van der Waals surface area contributed by atoms with Gasteiger partial charge in [-0.15, -0.1) is 0 Å². The van der Waals surface area contributed by atoms with E-state index in [9.17, 15) is 4.79 Å². The number of fused-ring (bicyclic) bond motifs is 1. The summed E-state index contributed by atoms with van der Waals surface area (Å²) in [5, 5.41) is 0.713. The summed E-state index contributed by atoms with van der Waals surface area (Å²) in [6.07, 6.45) is 4.00. The van der Waals surface area contributed by atoms with Gasteiger partial charge in [-0.05, 0) is 60.8 Å². The molecular weight excluding hydrogens is 394 g/mol. The Kier molecular flexibility index (Phi) is 6.57. The number of halogens is 1. The standard InChI is InChI=1S/C25H30ClN3O/c1-3-21-15-20(5-4-10-28-13-11-27(2)12-14-28)16-22-18-29(25(30)24(21)22)17-19-6-8-23(26)9-7-19/h3,6-9,15-16H,1,4-5,10-14,17-18H2,2H3. The van der Waals surface area contributed by atoms with E-state index in [0.29, 0.717) is 18.1 Å². The Labute approximate surface area is 184 Å². The molecule has 30 heavy (non-hydrogen) atoms. The molecule has 2 aromatic rings. The molecule has 0 unspecified atom stereocenters. The van der Waals surface area contributed by atoms with Crippen LogP contribution < -0.4 is 0 Å². The summed E-state index contributed by atoms with van der Waals surface area (Å²) >= 11 is 5.99. The van der Waals surface area contributed by atoms with Crippen LogP contribution in [-0.4, -0.2) is 60.4 Å². The smallest absolute Gasteiger partial charge is 0.255 e. The lowest BCUT2D eigenvalue weighted by atomic mass is 9.97. The second-order valence-corrected chi connectivity index (χ2v) is 8.90. The lowest BCUT2D eigenvalue weighted by Gasteiger charge is -2.32. The largest absolute Gasteiger partial charge is 0.330 e. The highest BCUT2D eigenvalue weighted by Gasteiger charge is 2.29. The van der Waals surface area contributed by atoms with E-state index in [-0.39, 0.29) is 5.91 Å². The van der Waals surface area contributed by atoms with E-state index in [1.54, 1.807) is 0 Å². The Balaban J connectivity index is 1.41. The van der Waals surface area contributed by atoms with Crippen LogP contribution in [0.4, 0.5) is 0 Å². The summed E-state index contributed by atoms with van der Waals surface area (Å²) in [6, 6.07) is 12.1. The van der Waals surface area contributed by atoms with E-state index >= 15 is 0 Å². The predicted molar refractivity (Wildman–Crippen MR) is 124 cm³/mol. The second-order valence-electron chi connectivity index (χ2n) is 8.46. The number of carbonyl (C=O) groups excluding carboxylic acids is 1. The first kappa shape index (κ1) is 21.1. The summed E-state index contributed by atoms with van der Waals surface area (Å²) in [5.41, 5.74) is 5.31. The summed E-state index contributed by atoms with van der Waals surface area (Å²) in [6.45, 7) is 11.0. The van der Waals surface area contributed by atoms with Crippen molar-refractivity contribution in [1.29, 1.82) is 0 Å². The molecule has 1 saturated heterocycles. The predicted octanol–water partition coefficient (Wildman–Crippen LogP) is 4.32. The Bertz CT molecular complexity index is 917. The molecule has 1 fully saturated rings. The first-order valence-electron chi connectivity index (χ1n) is 10.8. The Morgan fingerprint density at radius 3 is 2.50 bits per heavy atom. The van der Waals surface area contributed by atoms with Crippen LogP contribution in [0.5, 0.6) is 0 Å². The normalized spacial score (nSPS) is 17.4. The molecule has 2 aromatic carbocycles. The van der Waals surface area contributed by atoms with Crippen molar-refractivity contribution in [3.63, 3.8) is 0 Å². The lowest BCUT2D eigenvalue weighted by molar-refractivity contribution is 0.0766. The van der Waals surface area contributed by atoms with E-state index in [4.69, 9.17) is 11.6 Å². The molecule has 0 aromatic heterocycles. The van der Waals surface area contributed by atoms with Crippen molar-refractivity contribution in [2.24, 2.45) is 0 Å². The van der Waals surface area contributed by atoms with Crippen molar-refractivity contribution >= 4 is 23.6 Å². The van der Waals surface area contributed by atoms with Crippen molar-refractivity contribution in [3.8, 4) is 0 Å². The molecule has 0 N–H and O–H groups in total. The fourth-order valence-corrected chi connectivity index (χ4v) is 4.56. The highest BCUT2D eigenvalue weighted by Crippen LogP contribution is 2.30. The molecule has 0 atom stereocenters. The minimum absolute atomic E-state index is 0.0961. The maximum atomic E-state index is 13.0. The molecule has 2 aliphatic rings. The average molecular weight is 424 g/mol. The Morgan fingerprint density at radius 2 is 1.80 bits per heavy atom. The van der Waals surface area contributed by atoms with Gasteiger partial charge in [-0.3, -0.25) is 4.79 Å². The third-order valence-electron chi connectivity index (χ3n) is 6.21. The van der Waals surface area contributed by atoms with Gasteiger partial charge in [-0.25, -0.2) is 0 Å². The van der Waals surface area contributed by atoms with Crippen molar-refractivity contribution in [1.82, 2.24) is 14.7 Å². The first-order valence-corrected chi connectivity index (χ1v) is 11.1. The average Bonchev–Trinajstić information content (AvgIpc) is 3.06. The fourth-order valence-electron chi connectivity index (χ4n) is 4.44. The van der Waals surface area contributed by atoms with E-state index in [1.807, 2.05) is 35.2 Å². The molecule has 4 rings (SSSR count). The maximum Gasteiger partial charge on any atom is 0.255 e. The topological polar surface area (TPSA) is 26.8 Å². The van der Waals surface area contributed by atoms with Crippen LogP contribution >= 0.6 is 11.6 Å². The zero-order chi connectivity index (χ0) is 21.1. The first-order chi connectivity index (χ1) is 14.5. The van der Waals surface area contributed by atoms with E-state index in [2.05, 4.69) is 35.6 Å². The van der Waals surface area contributed by atoms with Gasteiger partial charge in [0.2, 0.25) is 0 Å². The van der Waals surface area contributed by atoms with E-state index in [1.165, 1.54) is 5.56 Å². The third kappa shape index (κ3) is 4.77. The maximum absolute atomic E-state index is 13.0. The molecule has 0 bridgehead atoms. The van der Waals surface area contributed by atoms with Gasteiger partial charge in [0, 0.05) is 44.3 Å². The minimum atomic E-state index is 0.0961. The molecule has 0 spiro atoms. The number of nitrogens with zero attached hydrogens (tertiary/aromatic N) is 3. The van der Waals surface area contributed by atoms with E-state index < -0.39 is 0 Å². The van der Waals surface area contributed by atoms with Crippen molar-refractivity contribution < 1.29 is 4.79 Å². The molecule has 5 heteroatoms. The fraction of sp³-hybridized carbons (Fsp3) is 0.400. The zero-order valence-corrected chi connectivity index (χ0v) is 18.5. The summed E-state index contributed by atoms with van der Waals surface area (Å²) in [7, 11) is 2.19. The van der Waals surface area contributed by atoms with Gasteiger partial charge in [0.25, 0.3) is 5.91 Å². The lowest BCUT2D eigenvalue weighted by Crippen LogP contribution is -2.44. The molecule has 1 amide bonds. The second kappa shape index (κ2) is 9.34. The summed E-state index contributed by atoms with van der Waals surface area (Å²) in [4.78, 5) is 19.9. The van der Waals surface area contributed by atoms with E-state index in [0.717, 1.165) is 67.8 Å². The highest BCUT2D eigenvalue weighted by atomic mass is 35.5. The molecule has 158 valence electrons. The summed E-state index contributed by atoms with van der Waals surface area (Å²) in [5.74, 6) is 0.0961. The van der Waals surface area contributed by atoms with Crippen LogP contribution in [0.1, 0.15) is 39.0 Å². The number of hydrogen-bond donors (Lipinski definition) is 0. The number of rotatable bonds is 7. The number of carbonyl (C=O) groups is 1. The minimum Gasteiger partial charge on any atom is -0.330 e. The molecule has 2 aliphatic heterocycles. The van der Waals surface area contributed by atoms with Gasteiger partial charge in [0.15, 0.2) is 0 Å². The van der Waals surface area contributed by atoms with Gasteiger partial charge >= 0.3 is 0 Å². The molecular formula is C25H30ClN3O. The Hall–Kier alpha value is -2.14. The number of hydrogen-bond acceptors (Lipinski definition) is 3. The van der Waals surface area contributed by atoms with Crippen LogP contribution in [0.2, 0.25) is 5.02 Å². The number of likely N-dealkylation sites (N-methyl/N-ethyl adjacent to an activating group) is 1. The third-order valence-corrected chi connectivity index (χ3v) is 6.47. The molecule has 2 heterocycles.